The number of aromatic nitrogens is 2. The van der Waals surface area contributed by atoms with Crippen LogP contribution in [0.1, 0.15) is 49.0 Å². The number of rotatable bonds is 3. The molecular weight excluding hydrogens is 400 g/mol. The third-order valence-corrected chi connectivity index (χ3v) is 8.11. The summed E-state index contributed by atoms with van der Waals surface area (Å²) in [5.41, 5.74) is 3.73. The molecule has 3 fully saturated rings. The molecule has 1 amide bonds. The van der Waals surface area contributed by atoms with Crippen molar-refractivity contribution < 1.29 is 9.53 Å². The van der Waals surface area contributed by atoms with Crippen molar-refractivity contribution in [2.24, 2.45) is 11.8 Å². The van der Waals surface area contributed by atoms with E-state index >= 15 is 0 Å². The molecule has 32 heavy (non-hydrogen) atoms. The molecule has 0 radical (unpaired) electrons. The van der Waals surface area contributed by atoms with Crippen LogP contribution in [-0.4, -0.2) is 64.7 Å². The first kappa shape index (κ1) is 20.0. The minimum absolute atomic E-state index is 0.0773. The van der Waals surface area contributed by atoms with Gasteiger partial charge in [0.1, 0.15) is 11.4 Å². The Hall–Kier alpha value is -2.60. The van der Waals surface area contributed by atoms with Gasteiger partial charge in [-0.1, -0.05) is 30.2 Å². The van der Waals surface area contributed by atoms with Crippen molar-refractivity contribution in [3.8, 4) is 17.0 Å². The van der Waals surface area contributed by atoms with Crippen molar-refractivity contribution >= 4 is 5.91 Å². The lowest BCUT2D eigenvalue weighted by atomic mass is 9.68. The molecule has 6 nitrogen and oxygen atoms in total. The molecule has 1 aromatic carbocycles. The van der Waals surface area contributed by atoms with Crippen LogP contribution in [-0.2, 0) is 0 Å². The minimum atomic E-state index is 0.0773. The van der Waals surface area contributed by atoms with Crippen LogP contribution in [0.15, 0.2) is 42.0 Å². The molecule has 0 saturated carbocycles. The van der Waals surface area contributed by atoms with Crippen molar-refractivity contribution in [1.29, 1.82) is 0 Å². The number of methoxy groups -OCH3 is 1. The Labute approximate surface area is 189 Å². The zero-order valence-corrected chi connectivity index (χ0v) is 18.8. The molecule has 2 bridgehead atoms. The van der Waals surface area contributed by atoms with Crippen molar-refractivity contribution in [3.05, 3.63) is 47.7 Å². The van der Waals surface area contributed by atoms with E-state index < -0.39 is 0 Å². The summed E-state index contributed by atoms with van der Waals surface area (Å²) >= 11 is 0. The second-order valence-corrected chi connectivity index (χ2v) is 9.87. The predicted octanol–water partition coefficient (Wildman–Crippen LogP) is 4.12. The number of hydrogen-bond acceptors (Lipinski definition) is 4. The molecule has 1 aliphatic carbocycles. The Morgan fingerprint density at radius 1 is 1.19 bits per heavy atom. The summed E-state index contributed by atoms with van der Waals surface area (Å²) in [5.74, 6) is 2.07. The molecule has 3 saturated heterocycles. The van der Waals surface area contributed by atoms with E-state index in [-0.39, 0.29) is 11.9 Å². The van der Waals surface area contributed by atoms with Gasteiger partial charge in [0, 0.05) is 24.7 Å². The van der Waals surface area contributed by atoms with Crippen LogP contribution < -0.4 is 4.74 Å². The summed E-state index contributed by atoms with van der Waals surface area (Å²) in [6.07, 6.45) is 10.0. The van der Waals surface area contributed by atoms with E-state index in [4.69, 9.17) is 4.74 Å². The van der Waals surface area contributed by atoms with Gasteiger partial charge in [0.2, 0.25) is 0 Å². The van der Waals surface area contributed by atoms with Gasteiger partial charge in [0.25, 0.3) is 5.91 Å². The Morgan fingerprint density at radius 2 is 2.09 bits per heavy atom. The maximum Gasteiger partial charge on any atom is 0.272 e. The fraction of sp³-hybridized carbons (Fsp3) is 0.538. The molecule has 4 aliphatic rings. The van der Waals surface area contributed by atoms with Crippen LogP contribution in [0.3, 0.4) is 0 Å². The fourth-order valence-corrected chi connectivity index (χ4v) is 6.78. The van der Waals surface area contributed by atoms with Gasteiger partial charge in [-0.2, -0.15) is 5.10 Å². The summed E-state index contributed by atoms with van der Waals surface area (Å²) in [6, 6.07) is 10.7. The molecule has 3 aliphatic heterocycles. The van der Waals surface area contributed by atoms with Crippen molar-refractivity contribution in [2.45, 2.75) is 50.6 Å². The van der Waals surface area contributed by atoms with E-state index in [1.165, 1.54) is 37.8 Å². The molecule has 168 valence electrons. The number of carbonyl (C=O) groups excluding carboxylic acids is 1. The standard InChI is InChI=1S/C26H32N4O2/c1-32-24-10-3-2-8-20(24)21-15-22(28-27-21)26(31)30-12-6-7-17-13-18-14-19(25(17)30)16-29-11-5-4-9-23(18)29/h2-3,8,10,13,15,18-19,23,25H,4-7,9,11-12,14,16H2,1H3,(H,27,28)/t18?,19?,23-,25-/m1/s1. The van der Waals surface area contributed by atoms with Crippen LogP contribution in [0.4, 0.5) is 0 Å². The molecule has 1 aromatic heterocycles. The van der Waals surface area contributed by atoms with E-state index in [9.17, 15) is 4.79 Å². The highest BCUT2D eigenvalue weighted by molar-refractivity contribution is 5.94. The maximum absolute atomic E-state index is 13.7. The number of amides is 1. The first-order chi connectivity index (χ1) is 15.7. The Balaban J connectivity index is 1.28. The fourth-order valence-electron chi connectivity index (χ4n) is 6.78. The molecule has 0 spiro atoms. The van der Waals surface area contributed by atoms with E-state index in [1.807, 2.05) is 30.3 Å². The summed E-state index contributed by atoms with van der Waals surface area (Å²) in [4.78, 5) is 18.5. The summed E-state index contributed by atoms with van der Waals surface area (Å²) < 4.78 is 5.48. The highest BCUT2D eigenvalue weighted by atomic mass is 16.5. The van der Waals surface area contributed by atoms with Crippen LogP contribution in [0.25, 0.3) is 11.3 Å². The molecule has 2 aromatic rings. The molecular formula is C26H32N4O2. The lowest BCUT2D eigenvalue weighted by molar-refractivity contribution is 0.00131. The van der Waals surface area contributed by atoms with E-state index in [0.29, 0.717) is 17.5 Å². The second-order valence-electron chi connectivity index (χ2n) is 9.87. The van der Waals surface area contributed by atoms with Crippen LogP contribution in [0.2, 0.25) is 0 Å². The van der Waals surface area contributed by atoms with Crippen molar-refractivity contribution in [1.82, 2.24) is 20.0 Å². The summed E-state index contributed by atoms with van der Waals surface area (Å²) in [6.45, 7) is 3.20. The molecule has 2 unspecified atom stereocenters. The number of carbonyl (C=O) groups is 1. The smallest absolute Gasteiger partial charge is 0.272 e. The van der Waals surface area contributed by atoms with Crippen LogP contribution >= 0.6 is 0 Å². The first-order valence-electron chi connectivity index (χ1n) is 12.2. The number of para-hydroxylation sites is 1. The highest BCUT2D eigenvalue weighted by Crippen LogP contribution is 2.45. The van der Waals surface area contributed by atoms with Crippen LogP contribution in [0.5, 0.6) is 5.75 Å². The van der Waals surface area contributed by atoms with Crippen LogP contribution in [0, 0.1) is 11.8 Å². The van der Waals surface area contributed by atoms with Gasteiger partial charge in [-0.05, 0) is 68.7 Å². The Morgan fingerprint density at radius 3 is 3.00 bits per heavy atom. The number of hydrogen-bond donors (Lipinski definition) is 1. The SMILES string of the molecule is COc1ccccc1-c1cc(C(=O)N2CCCC3=CC4CC(CN5CCCC[C@H]45)[C@@H]32)[nH]n1. The molecule has 4 atom stereocenters. The average molecular weight is 433 g/mol. The predicted molar refractivity (Wildman–Crippen MR) is 124 cm³/mol. The maximum atomic E-state index is 13.7. The largest absolute Gasteiger partial charge is 0.496 e. The third-order valence-electron chi connectivity index (χ3n) is 8.11. The number of benzene rings is 1. The Kier molecular flexibility index (Phi) is 5.05. The number of aromatic amines is 1. The number of nitrogens with one attached hydrogen (secondary N) is 1. The van der Waals surface area contributed by atoms with Crippen molar-refractivity contribution in [2.75, 3.05) is 26.7 Å². The summed E-state index contributed by atoms with van der Waals surface area (Å²) in [7, 11) is 1.66. The first-order valence-corrected chi connectivity index (χ1v) is 12.2. The van der Waals surface area contributed by atoms with Gasteiger partial charge in [-0.25, -0.2) is 0 Å². The van der Waals surface area contributed by atoms with E-state index in [1.54, 1.807) is 7.11 Å². The topological polar surface area (TPSA) is 61.5 Å². The van der Waals surface area contributed by atoms with Gasteiger partial charge < -0.3 is 9.64 Å². The summed E-state index contributed by atoms with van der Waals surface area (Å²) in [5, 5.41) is 7.48. The average Bonchev–Trinajstić information content (AvgIpc) is 3.33. The normalized spacial score (nSPS) is 29.7. The molecule has 6 heteroatoms. The quantitative estimate of drug-likeness (QED) is 0.741. The molecule has 1 N–H and O–H groups in total. The number of likely N-dealkylation sites (tertiary alicyclic amines) is 1. The lowest BCUT2D eigenvalue weighted by Gasteiger charge is -2.54. The number of ether oxygens (including phenoxy) is 1. The number of piperidine rings is 3. The van der Waals surface area contributed by atoms with Gasteiger partial charge in [0.05, 0.1) is 18.8 Å². The minimum Gasteiger partial charge on any atom is -0.496 e. The number of nitrogens with zero attached hydrogens (tertiary/aromatic N) is 3. The van der Waals surface area contributed by atoms with Gasteiger partial charge in [-0.3, -0.25) is 14.8 Å². The molecule has 6 rings (SSSR count). The van der Waals surface area contributed by atoms with E-state index in [0.717, 1.165) is 49.0 Å². The third kappa shape index (κ3) is 3.27. The van der Waals surface area contributed by atoms with E-state index in [2.05, 4.69) is 26.1 Å². The van der Waals surface area contributed by atoms with Gasteiger partial charge in [-0.15, -0.1) is 0 Å². The monoisotopic (exact) mass is 432 g/mol. The van der Waals surface area contributed by atoms with Gasteiger partial charge in [0.15, 0.2) is 0 Å². The lowest BCUT2D eigenvalue weighted by Crippen LogP contribution is -2.60. The zero-order valence-electron chi connectivity index (χ0n) is 18.8. The molecule has 4 heterocycles. The highest BCUT2D eigenvalue weighted by Gasteiger charge is 2.47. The number of fused-ring (bicyclic) bond motifs is 6. The zero-order chi connectivity index (χ0) is 21.7. The van der Waals surface area contributed by atoms with Gasteiger partial charge >= 0.3 is 0 Å². The number of H-pyrrole nitrogens is 1. The Bertz CT molecular complexity index is 1040. The van der Waals surface area contributed by atoms with Crippen molar-refractivity contribution in [3.63, 3.8) is 0 Å². The second kappa shape index (κ2) is 8.07.